The highest BCUT2D eigenvalue weighted by atomic mass is 17.0. The molecule has 2 aromatic rings. The second-order valence-corrected chi connectivity index (χ2v) is 5.11. The number of aromatic nitrogens is 4. The minimum Gasteiger partial charge on any atom is -0.382 e. The molecule has 2 aromatic heterocycles. The molecule has 0 aliphatic carbocycles. The van der Waals surface area contributed by atoms with Gasteiger partial charge in [0.05, 0.1) is 25.6 Å². The van der Waals surface area contributed by atoms with Gasteiger partial charge in [0.2, 0.25) is 0 Å². The largest absolute Gasteiger partial charge is 0.382 e. The van der Waals surface area contributed by atoms with Crippen molar-refractivity contribution in [2.45, 2.75) is 24.4 Å². The molecule has 0 spiro atoms. The fourth-order valence-electron chi connectivity index (χ4n) is 3.00. The number of rotatable bonds is 3. The second-order valence-electron chi connectivity index (χ2n) is 5.11. The first kappa shape index (κ1) is 13.2. The lowest BCUT2D eigenvalue weighted by Gasteiger charge is -2.17. The quantitative estimate of drug-likeness (QED) is 0.576. The maximum Gasteiger partial charge on any atom is 0.294 e. The van der Waals surface area contributed by atoms with Crippen molar-refractivity contribution in [3.8, 4) is 0 Å². The van der Waals surface area contributed by atoms with Gasteiger partial charge in [0.25, 0.3) is 5.09 Å². The standard InChI is InChI=1S/C11H12N6O5/c12-10-7-11(14-3-13-10)16(4-15-7)5-1-20-9-6(22-17(18)19)2-21-8(5)9/h3-6,8-9H,1-2H2,(H2,12,13,14)/t5-,6-,8+,9+/m0/s1. The van der Waals surface area contributed by atoms with Crippen LogP contribution in [0.4, 0.5) is 5.82 Å². The average molecular weight is 308 g/mol. The van der Waals surface area contributed by atoms with Crippen LogP contribution in [0.5, 0.6) is 0 Å². The molecule has 4 heterocycles. The number of nitrogens with two attached hydrogens (primary N) is 1. The Morgan fingerprint density at radius 3 is 2.95 bits per heavy atom. The summed E-state index contributed by atoms with van der Waals surface area (Å²) in [6.45, 7) is 0.429. The predicted molar refractivity (Wildman–Crippen MR) is 70.1 cm³/mol. The van der Waals surface area contributed by atoms with Crippen molar-refractivity contribution in [2.24, 2.45) is 0 Å². The first-order chi connectivity index (χ1) is 10.6. The van der Waals surface area contributed by atoms with E-state index in [0.29, 0.717) is 23.6 Å². The number of fused-ring (bicyclic) bond motifs is 2. The summed E-state index contributed by atoms with van der Waals surface area (Å²) in [6.07, 6.45) is 1.37. The van der Waals surface area contributed by atoms with E-state index in [1.54, 1.807) is 10.9 Å². The minimum absolute atomic E-state index is 0.108. The highest BCUT2D eigenvalue weighted by molar-refractivity contribution is 5.81. The molecule has 2 fully saturated rings. The van der Waals surface area contributed by atoms with Crippen LogP contribution < -0.4 is 5.73 Å². The molecular formula is C11H12N6O5. The van der Waals surface area contributed by atoms with Crippen molar-refractivity contribution in [2.75, 3.05) is 18.9 Å². The maximum atomic E-state index is 10.5. The smallest absolute Gasteiger partial charge is 0.294 e. The molecule has 0 unspecified atom stereocenters. The van der Waals surface area contributed by atoms with E-state index < -0.39 is 17.3 Å². The molecular weight excluding hydrogens is 296 g/mol. The average Bonchev–Trinajstić information content (AvgIpc) is 3.14. The third-order valence-electron chi connectivity index (χ3n) is 3.95. The number of hydrogen-bond donors (Lipinski definition) is 1. The lowest BCUT2D eigenvalue weighted by molar-refractivity contribution is -0.769. The zero-order valence-electron chi connectivity index (χ0n) is 11.2. The zero-order valence-corrected chi connectivity index (χ0v) is 11.2. The molecule has 2 aliphatic rings. The monoisotopic (exact) mass is 308 g/mol. The van der Waals surface area contributed by atoms with E-state index in [4.69, 9.17) is 15.2 Å². The number of nitrogens with zero attached hydrogens (tertiary/aromatic N) is 5. The summed E-state index contributed by atoms with van der Waals surface area (Å²) in [7, 11) is 0. The van der Waals surface area contributed by atoms with E-state index in [1.807, 2.05) is 0 Å². The summed E-state index contributed by atoms with van der Waals surface area (Å²) in [4.78, 5) is 27.4. The Bertz CT molecular complexity index is 735. The van der Waals surface area contributed by atoms with Gasteiger partial charge in [0.1, 0.15) is 24.1 Å². The molecule has 11 heteroatoms. The molecule has 2 aliphatic heterocycles. The molecule has 2 saturated heterocycles. The van der Waals surface area contributed by atoms with E-state index in [0.717, 1.165) is 0 Å². The van der Waals surface area contributed by atoms with Crippen LogP contribution in [0.1, 0.15) is 6.04 Å². The van der Waals surface area contributed by atoms with Crippen LogP contribution in [0, 0.1) is 10.1 Å². The van der Waals surface area contributed by atoms with E-state index in [9.17, 15) is 10.1 Å². The summed E-state index contributed by atoms with van der Waals surface area (Å²) in [5.41, 5.74) is 6.84. The molecule has 0 radical (unpaired) electrons. The van der Waals surface area contributed by atoms with Crippen LogP contribution >= 0.6 is 0 Å². The third kappa shape index (κ3) is 1.86. The summed E-state index contributed by atoms with van der Waals surface area (Å²) in [5, 5.41) is 9.67. The van der Waals surface area contributed by atoms with Gasteiger partial charge >= 0.3 is 0 Å². The summed E-state index contributed by atoms with van der Waals surface area (Å²) < 4.78 is 13.1. The van der Waals surface area contributed by atoms with Crippen molar-refractivity contribution >= 4 is 17.0 Å². The van der Waals surface area contributed by atoms with Gasteiger partial charge in [-0.2, -0.15) is 0 Å². The Morgan fingerprint density at radius 2 is 2.14 bits per heavy atom. The molecule has 116 valence electrons. The van der Waals surface area contributed by atoms with Crippen LogP contribution in [0.2, 0.25) is 0 Å². The molecule has 0 aromatic carbocycles. The van der Waals surface area contributed by atoms with Crippen LogP contribution in [-0.4, -0.2) is 56.1 Å². The van der Waals surface area contributed by atoms with Gasteiger partial charge in [-0.1, -0.05) is 0 Å². The molecule has 4 atom stereocenters. The van der Waals surface area contributed by atoms with Gasteiger partial charge in [-0.3, -0.25) is 0 Å². The number of imidazole rings is 1. The fourth-order valence-corrected chi connectivity index (χ4v) is 3.00. The topological polar surface area (TPSA) is 140 Å². The van der Waals surface area contributed by atoms with E-state index in [1.165, 1.54) is 6.33 Å². The third-order valence-corrected chi connectivity index (χ3v) is 3.95. The van der Waals surface area contributed by atoms with Crippen molar-refractivity contribution < 1.29 is 19.4 Å². The van der Waals surface area contributed by atoms with Gasteiger partial charge in [-0.25, -0.2) is 15.0 Å². The summed E-state index contributed by atoms with van der Waals surface area (Å²) in [5.74, 6) is 0.293. The Balaban J connectivity index is 1.64. The van der Waals surface area contributed by atoms with E-state index in [2.05, 4.69) is 19.8 Å². The molecule has 2 N–H and O–H groups in total. The first-order valence-electron chi connectivity index (χ1n) is 6.62. The molecule has 0 bridgehead atoms. The first-order valence-corrected chi connectivity index (χ1v) is 6.62. The molecule has 4 rings (SSSR count). The predicted octanol–water partition coefficient (Wildman–Crippen LogP) is -0.676. The van der Waals surface area contributed by atoms with Crippen LogP contribution in [0.3, 0.4) is 0 Å². The number of ether oxygens (including phenoxy) is 2. The summed E-state index contributed by atoms with van der Waals surface area (Å²) in [6, 6.07) is -0.204. The normalized spacial score (nSPS) is 30.5. The van der Waals surface area contributed by atoms with E-state index >= 15 is 0 Å². The van der Waals surface area contributed by atoms with Crippen molar-refractivity contribution in [1.29, 1.82) is 0 Å². The van der Waals surface area contributed by atoms with Gasteiger partial charge in [0, 0.05) is 0 Å². The molecule has 22 heavy (non-hydrogen) atoms. The number of anilines is 1. The molecule has 11 nitrogen and oxygen atoms in total. The lowest BCUT2D eigenvalue weighted by atomic mass is 10.1. The Labute approximate surface area is 123 Å². The lowest BCUT2D eigenvalue weighted by Crippen LogP contribution is -2.33. The minimum atomic E-state index is -0.826. The Hall–Kier alpha value is -2.53. The Kier molecular flexibility index (Phi) is 2.84. The van der Waals surface area contributed by atoms with E-state index in [-0.39, 0.29) is 18.8 Å². The summed E-state index contributed by atoms with van der Waals surface area (Å²) >= 11 is 0. The van der Waals surface area contributed by atoms with Crippen LogP contribution in [-0.2, 0) is 14.3 Å². The van der Waals surface area contributed by atoms with Gasteiger partial charge in [0.15, 0.2) is 17.6 Å². The van der Waals surface area contributed by atoms with Crippen LogP contribution in [0.15, 0.2) is 12.7 Å². The zero-order chi connectivity index (χ0) is 15.3. The van der Waals surface area contributed by atoms with Gasteiger partial charge < -0.3 is 24.6 Å². The Morgan fingerprint density at radius 1 is 1.32 bits per heavy atom. The van der Waals surface area contributed by atoms with Crippen molar-refractivity contribution in [1.82, 2.24) is 19.5 Å². The molecule has 0 saturated carbocycles. The SMILES string of the molecule is Nc1ncnc2c1ncn2[C@H]1CO[C@H]2[C@@H]1OC[C@@H]2O[N+](=O)[O-]. The second kappa shape index (κ2) is 4.74. The number of hydrogen-bond acceptors (Lipinski definition) is 9. The highest BCUT2D eigenvalue weighted by Gasteiger charge is 2.50. The van der Waals surface area contributed by atoms with Crippen LogP contribution in [0.25, 0.3) is 11.2 Å². The van der Waals surface area contributed by atoms with Gasteiger partial charge in [-0.15, -0.1) is 10.1 Å². The maximum absolute atomic E-state index is 10.5. The fraction of sp³-hybridized carbons (Fsp3) is 0.545. The highest BCUT2D eigenvalue weighted by Crippen LogP contribution is 2.36. The van der Waals surface area contributed by atoms with Gasteiger partial charge in [-0.05, 0) is 0 Å². The van der Waals surface area contributed by atoms with Crippen molar-refractivity contribution in [3.05, 3.63) is 22.8 Å². The number of nitrogen functional groups attached to an aromatic ring is 1. The molecule has 0 amide bonds. The van der Waals surface area contributed by atoms with Crippen molar-refractivity contribution in [3.63, 3.8) is 0 Å².